The Hall–Kier alpha value is -2.83. The molecule has 2 rings (SSSR count). The van der Waals surface area contributed by atoms with E-state index in [1.165, 1.54) is 12.3 Å². The Morgan fingerprint density at radius 2 is 2.00 bits per heavy atom. The maximum atomic E-state index is 12.6. The molecule has 7 nitrogen and oxygen atoms in total. The summed E-state index contributed by atoms with van der Waals surface area (Å²) >= 11 is 0. The van der Waals surface area contributed by atoms with Gasteiger partial charge in [0.25, 0.3) is 5.56 Å². The van der Waals surface area contributed by atoms with E-state index in [1.54, 1.807) is 19.2 Å². The molecular formula is C22H30N2O5. The highest BCUT2D eigenvalue weighted by Crippen LogP contribution is 2.28. The van der Waals surface area contributed by atoms with Gasteiger partial charge in [-0.1, -0.05) is 39.5 Å². The van der Waals surface area contributed by atoms with Gasteiger partial charge in [0, 0.05) is 6.07 Å². The van der Waals surface area contributed by atoms with Gasteiger partial charge in [-0.05, 0) is 43.0 Å². The number of nitrogens with zero attached hydrogens (tertiary/aromatic N) is 2. The monoisotopic (exact) mass is 402 g/mol. The molecule has 0 aliphatic rings. The number of hydrogen-bond donors (Lipinski definition) is 1. The van der Waals surface area contributed by atoms with Crippen molar-refractivity contribution in [3.05, 3.63) is 46.4 Å². The van der Waals surface area contributed by atoms with Crippen molar-refractivity contribution in [2.75, 3.05) is 7.11 Å². The number of aromatic nitrogens is 2. The number of carbonyl (C=O) groups is 1. The van der Waals surface area contributed by atoms with E-state index in [-0.39, 0.29) is 11.7 Å². The van der Waals surface area contributed by atoms with Crippen LogP contribution < -0.4 is 15.0 Å². The number of unbranched alkanes of at least 4 members (excludes halogenated alkanes) is 1. The second-order valence-electron chi connectivity index (χ2n) is 7.21. The average molecular weight is 402 g/mol. The van der Waals surface area contributed by atoms with E-state index in [0.29, 0.717) is 17.9 Å². The zero-order chi connectivity index (χ0) is 21.4. The SMILES string of the molecule is CCCCC(CC)CC(C(=O)O)n1ncc(Oc2ccc(OC)cc2C)cc1=O. The van der Waals surface area contributed by atoms with E-state index in [2.05, 4.69) is 12.0 Å². The molecule has 1 N–H and O–H groups in total. The van der Waals surface area contributed by atoms with Crippen LogP contribution in [0.1, 0.15) is 57.6 Å². The lowest BCUT2D eigenvalue weighted by Gasteiger charge is -2.20. The first-order valence-corrected chi connectivity index (χ1v) is 10.0. The fraction of sp³-hybridized carbons (Fsp3) is 0.500. The van der Waals surface area contributed by atoms with E-state index in [0.717, 1.165) is 35.9 Å². The van der Waals surface area contributed by atoms with Crippen LogP contribution in [0.5, 0.6) is 17.2 Å². The second-order valence-corrected chi connectivity index (χ2v) is 7.21. The highest BCUT2D eigenvalue weighted by atomic mass is 16.5. The zero-order valence-electron chi connectivity index (χ0n) is 17.6. The van der Waals surface area contributed by atoms with Crippen molar-refractivity contribution in [3.63, 3.8) is 0 Å². The van der Waals surface area contributed by atoms with Gasteiger partial charge in [0.15, 0.2) is 11.8 Å². The first kappa shape index (κ1) is 22.5. The Kier molecular flexibility index (Phi) is 8.24. The molecule has 0 spiro atoms. The number of aliphatic carboxylic acids is 1. The van der Waals surface area contributed by atoms with Gasteiger partial charge in [-0.15, -0.1) is 0 Å². The average Bonchev–Trinajstić information content (AvgIpc) is 2.70. The highest BCUT2D eigenvalue weighted by Gasteiger charge is 2.25. The summed E-state index contributed by atoms with van der Waals surface area (Å²) in [6.45, 7) is 6.02. The van der Waals surface area contributed by atoms with Crippen molar-refractivity contribution < 1.29 is 19.4 Å². The standard InChI is InChI=1S/C22H30N2O5/c1-5-7-8-16(6-2)12-19(22(26)27)24-21(25)13-18(14-23-24)29-20-10-9-17(28-4)11-15(20)3/h9-11,13-14,16,19H,5-8,12H2,1-4H3,(H,26,27). The molecule has 0 radical (unpaired) electrons. The van der Waals surface area contributed by atoms with Gasteiger partial charge in [0.1, 0.15) is 11.5 Å². The molecule has 1 heterocycles. The molecule has 0 aliphatic heterocycles. The van der Waals surface area contributed by atoms with Crippen molar-refractivity contribution in [2.24, 2.45) is 5.92 Å². The molecule has 29 heavy (non-hydrogen) atoms. The van der Waals surface area contributed by atoms with E-state index in [9.17, 15) is 14.7 Å². The van der Waals surface area contributed by atoms with E-state index in [4.69, 9.17) is 9.47 Å². The molecule has 2 aromatic rings. The molecule has 7 heteroatoms. The fourth-order valence-electron chi connectivity index (χ4n) is 3.28. The lowest BCUT2D eigenvalue weighted by Crippen LogP contribution is -2.32. The van der Waals surface area contributed by atoms with Crippen molar-refractivity contribution in [2.45, 2.75) is 58.9 Å². The quantitative estimate of drug-likeness (QED) is 0.591. The van der Waals surface area contributed by atoms with Crippen molar-refractivity contribution in [1.29, 1.82) is 0 Å². The van der Waals surface area contributed by atoms with Crippen molar-refractivity contribution in [3.8, 4) is 17.2 Å². The number of rotatable bonds is 11. The summed E-state index contributed by atoms with van der Waals surface area (Å²) in [6.07, 6.45) is 5.69. The lowest BCUT2D eigenvalue weighted by molar-refractivity contribution is -0.142. The third kappa shape index (κ3) is 6.07. The number of carboxylic acids is 1. The number of benzene rings is 1. The van der Waals surface area contributed by atoms with Gasteiger partial charge >= 0.3 is 5.97 Å². The molecule has 0 aliphatic carbocycles. The number of ether oxygens (including phenoxy) is 2. The third-order valence-corrected chi connectivity index (χ3v) is 5.09. The van der Waals surface area contributed by atoms with Crippen LogP contribution >= 0.6 is 0 Å². The molecule has 0 saturated carbocycles. The Bertz CT molecular complexity index is 878. The first-order valence-electron chi connectivity index (χ1n) is 10.0. The molecule has 0 bridgehead atoms. The van der Waals surface area contributed by atoms with Gasteiger partial charge in [-0.2, -0.15) is 5.10 Å². The number of hydrogen-bond acceptors (Lipinski definition) is 5. The summed E-state index contributed by atoms with van der Waals surface area (Å²) in [4.78, 5) is 24.4. The van der Waals surface area contributed by atoms with Crippen LogP contribution in [-0.4, -0.2) is 28.0 Å². The van der Waals surface area contributed by atoms with Crippen LogP contribution in [0.15, 0.2) is 35.3 Å². The van der Waals surface area contributed by atoms with Crippen LogP contribution in [0.25, 0.3) is 0 Å². The Morgan fingerprint density at radius 3 is 2.55 bits per heavy atom. The maximum absolute atomic E-state index is 12.6. The minimum Gasteiger partial charge on any atom is -0.497 e. The largest absolute Gasteiger partial charge is 0.497 e. The molecule has 0 saturated heterocycles. The second kappa shape index (κ2) is 10.6. The van der Waals surface area contributed by atoms with Crippen LogP contribution in [0.3, 0.4) is 0 Å². The smallest absolute Gasteiger partial charge is 0.328 e. The fourth-order valence-corrected chi connectivity index (χ4v) is 3.28. The van der Waals surface area contributed by atoms with Crippen LogP contribution in [-0.2, 0) is 4.79 Å². The van der Waals surface area contributed by atoms with Gasteiger partial charge in [0.2, 0.25) is 0 Å². The Morgan fingerprint density at radius 1 is 1.24 bits per heavy atom. The van der Waals surface area contributed by atoms with E-state index >= 15 is 0 Å². The Balaban J connectivity index is 2.21. The molecule has 1 aromatic carbocycles. The minimum atomic E-state index is -1.05. The molecular weight excluding hydrogens is 372 g/mol. The summed E-state index contributed by atoms with van der Waals surface area (Å²) in [5, 5.41) is 13.8. The predicted molar refractivity (Wildman–Crippen MR) is 111 cm³/mol. The summed E-state index contributed by atoms with van der Waals surface area (Å²) < 4.78 is 12.0. The first-order chi connectivity index (χ1) is 13.9. The van der Waals surface area contributed by atoms with Crippen molar-refractivity contribution in [1.82, 2.24) is 9.78 Å². The predicted octanol–water partition coefficient (Wildman–Crippen LogP) is 4.58. The molecule has 2 unspecified atom stereocenters. The van der Waals surface area contributed by atoms with Gasteiger partial charge < -0.3 is 14.6 Å². The topological polar surface area (TPSA) is 90.7 Å². The van der Waals surface area contributed by atoms with E-state index < -0.39 is 17.6 Å². The highest BCUT2D eigenvalue weighted by molar-refractivity contribution is 5.71. The molecule has 0 fully saturated rings. The summed E-state index contributed by atoms with van der Waals surface area (Å²) in [5.41, 5.74) is 0.352. The maximum Gasteiger partial charge on any atom is 0.328 e. The van der Waals surface area contributed by atoms with E-state index in [1.807, 2.05) is 19.9 Å². The number of methoxy groups -OCH3 is 1. The number of aryl methyl sites for hydroxylation is 1. The zero-order valence-corrected chi connectivity index (χ0v) is 17.6. The van der Waals surface area contributed by atoms with Crippen molar-refractivity contribution >= 4 is 5.97 Å². The van der Waals surface area contributed by atoms with Crippen LogP contribution in [0.2, 0.25) is 0 Å². The summed E-state index contributed by atoms with van der Waals surface area (Å²) in [5.74, 6) is 0.741. The summed E-state index contributed by atoms with van der Waals surface area (Å²) in [7, 11) is 1.59. The lowest BCUT2D eigenvalue weighted by atomic mass is 9.92. The van der Waals surface area contributed by atoms with Gasteiger partial charge in [-0.25, -0.2) is 9.48 Å². The molecule has 2 atom stereocenters. The molecule has 1 aromatic heterocycles. The van der Waals surface area contributed by atoms with Crippen LogP contribution in [0.4, 0.5) is 0 Å². The number of carboxylic acid groups (broad SMARTS) is 1. The summed E-state index contributed by atoms with van der Waals surface area (Å²) in [6, 6.07) is 5.63. The van der Waals surface area contributed by atoms with Gasteiger partial charge in [0.05, 0.1) is 13.3 Å². The molecule has 0 amide bonds. The third-order valence-electron chi connectivity index (χ3n) is 5.09. The minimum absolute atomic E-state index is 0.239. The van der Waals surface area contributed by atoms with Crippen LogP contribution in [0, 0.1) is 12.8 Å². The Labute approximate surface area is 171 Å². The van der Waals surface area contributed by atoms with Gasteiger partial charge in [-0.3, -0.25) is 4.79 Å². The molecule has 158 valence electrons. The normalized spacial score (nSPS) is 13.0.